The average Bonchev–Trinajstić information content (AvgIpc) is 2.84. The molecule has 0 radical (unpaired) electrons. The van der Waals surface area contributed by atoms with Crippen LogP contribution >= 0.6 is 0 Å². The molecule has 0 saturated heterocycles. The molecule has 0 aliphatic carbocycles. The van der Waals surface area contributed by atoms with Gasteiger partial charge in [0.15, 0.2) is 0 Å². The molecule has 0 aromatic heterocycles. The maximum Gasteiger partial charge on any atom is 0.255 e. The highest BCUT2D eigenvalue weighted by atomic mass is 16.5. The minimum Gasteiger partial charge on any atom is -0.496 e. The van der Waals surface area contributed by atoms with Crippen molar-refractivity contribution in [1.29, 1.82) is 0 Å². The van der Waals surface area contributed by atoms with Crippen molar-refractivity contribution >= 4 is 11.6 Å². The molecule has 0 heterocycles. The number of hydrogen-bond donors (Lipinski definition) is 1. The van der Waals surface area contributed by atoms with Crippen molar-refractivity contribution in [1.82, 2.24) is 0 Å². The summed E-state index contributed by atoms with van der Waals surface area (Å²) in [5.41, 5.74) is 3.10. The summed E-state index contributed by atoms with van der Waals surface area (Å²) >= 11 is 0. The van der Waals surface area contributed by atoms with E-state index in [-0.39, 0.29) is 5.91 Å². The molecule has 0 unspecified atom stereocenters. The van der Waals surface area contributed by atoms with Crippen LogP contribution < -0.4 is 19.5 Å². The van der Waals surface area contributed by atoms with Crippen molar-refractivity contribution in [3.8, 4) is 23.0 Å². The highest BCUT2D eigenvalue weighted by Crippen LogP contribution is 2.25. The summed E-state index contributed by atoms with van der Waals surface area (Å²) < 4.78 is 17.1. The molecule has 1 N–H and O–H groups in total. The largest absolute Gasteiger partial charge is 0.496 e. The number of aryl methyl sites for hydroxylation is 1. The Hall–Kier alpha value is -4.25. The van der Waals surface area contributed by atoms with E-state index < -0.39 is 0 Å². The number of amides is 1. The summed E-state index contributed by atoms with van der Waals surface area (Å²) in [6.45, 7) is 2.30. The normalized spacial score (nSPS) is 10.4. The first-order chi connectivity index (χ1) is 16.1. The lowest BCUT2D eigenvalue weighted by atomic mass is 10.1. The fourth-order valence-corrected chi connectivity index (χ4v) is 3.33. The van der Waals surface area contributed by atoms with Crippen molar-refractivity contribution in [2.45, 2.75) is 13.5 Å². The van der Waals surface area contributed by atoms with E-state index in [1.54, 1.807) is 37.4 Å². The minimum absolute atomic E-state index is 0.216. The predicted molar refractivity (Wildman–Crippen MR) is 129 cm³/mol. The van der Waals surface area contributed by atoms with Crippen LogP contribution in [0.2, 0.25) is 0 Å². The van der Waals surface area contributed by atoms with Crippen LogP contribution in [0.1, 0.15) is 21.5 Å². The van der Waals surface area contributed by atoms with Gasteiger partial charge < -0.3 is 19.5 Å². The van der Waals surface area contributed by atoms with Gasteiger partial charge >= 0.3 is 0 Å². The van der Waals surface area contributed by atoms with Crippen LogP contribution in [0.25, 0.3) is 0 Å². The van der Waals surface area contributed by atoms with Gasteiger partial charge in [0, 0.05) is 16.8 Å². The Kier molecular flexibility index (Phi) is 6.90. The highest BCUT2D eigenvalue weighted by molar-refractivity contribution is 6.04. The number of ether oxygens (including phenoxy) is 3. The quantitative estimate of drug-likeness (QED) is 0.335. The van der Waals surface area contributed by atoms with Gasteiger partial charge in [-0.3, -0.25) is 4.79 Å². The molecular formula is C28H25NO4. The minimum atomic E-state index is -0.216. The molecule has 4 rings (SSSR count). The second-order valence-electron chi connectivity index (χ2n) is 7.53. The molecule has 33 heavy (non-hydrogen) atoms. The number of carbonyl (C=O) groups is 1. The van der Waals surface area contributed by atoms with E-state index in [4.69, 9.17) is 14.2 Å². The standard InChI is InChI=1S/C28H25NO4/c1-20-7-6-10-26(17-20)32-19-22-18-21(11-16-27(22)31-2)28(30)29-23-12-14-25(15-13-23)33-24-8-4-3-5-9-24/h3-18H,19H2,1-2H3,(H,29,30). The van der Waals surface area contributed by atoms with Gasteiger partial charge in [0.2, 0.25) is 0 Å². The molecule has 4 aromatic carbocycles. The Bertz CT molecular complexity index is 1220. The molecule has 5 nitrogen and oxygen atoms in total. The van der Waals surface area contributed by atoms with Crippen LogP contribution in [0.15, 0.2) is 97.1 Å². The van der Waals surface area contributed by atoms with Gasteiger partial charge in [0.25, 0.3) is 5.91 Å². The van der Waals surface area contributed by atoms with Crippen LogP contribution in [-0.4, -0.2) is 13.0 Å². The van der Waals surface area contributed by atoms with E-state index in [0.717, 1.165) is 22.6 Å². The monoisotopic (exact) mass is 439 g/mol. The number of anilines is 1. The maximum absolute atomic E-state index is 12.8. The second-order valence-corrected chi connectivity index (χ2v) is 7.53. The van der Waals surface area contributed by atoms with E-state index in [2.05, 4.69) is 5.32 Å². The Morgan fingerprint density at radius 3 is 2.24 bits per heavy atom. The molecule has 0 aliphatic rings. The molecule has 0 spiro atoms. The van der Waals surface area contributed by atoms with Gasteiger partial charge in [-0.05, 0) is 79.2 Å². The number of hydrogen-bond acceptors (Lipinski definition) is 4. The topological polar surface area (TPSA) is 56.8 Å². The molecular weight excluding hydrogens is 414 g/mol. The van der Waals surface area contributed by atoms with Crippen molar-refractivity contribution < 1.29 is 19.0 Å². The third-order valence-corrected chi connectivity index (χ3v) is 5.02. The van der Waals surface area contributed by atoms with Gasteiger partial charge in [0.1, 0.15) is 29.6 Å². The number of benzene rings is 4. The van der Waals surface area contributed by atoms with E-state index in [1.165, 1.54) is 0 Å². The van der Waals surface area contributed by atoms with Gasteiger partial charge in [-0.1, -0.05) is 30.3 Å². The number of nitrogens with one attached hydrogen (secondary N) is 1. The highest BCUT2D eigenvalue weighted by Gasteiger charge is 2.12. The van der Waals surface area contributed by atoms with E-state index in [9.17, 15) is 4.79 Å². The third kappa shape index (κ3) is 5.92. The molecule has 4 aromatic rings. The predicted octanol–water partition coefficient (Wildman–Crippen LogP) is 6.63. The molecule has 0 bridgehead atoms. The van der Waals surface area contributed by atoms with Gasteiger partial charge in [0.05, 0.1) is 7.11 Å². The van der Waals surface area contributed by atoms with Crippen molar-refractivity contribution in [2.75, 3.05) is 12.4 Å². The number of para-hydroxylation sites is 1. The third-order valence-electron chi connectivity index (χ3n) is 5.02. The molecule has 1 amide bonds. The fourth-order valence-electron chi connectivity index (χ4n) is 3.33. The summed E-state index contributed by atoms with van der Waals surface area (Å²) in [4.78, 5) is 12.8. The average molecular weight is 440 g/mol. The first kappa shape index (κ1) is 22.0. The van der Waals surface area contributed by atoms with Crippen LogP contribution in [0.4, 0.5) is 5.69 Å². The maximum atomic E-state index is 12.8. The Balaban J connectivity index is 1.42. The second kappa shape index (κ2) is 10.4. The van der Waals surface area contributed by atoms with Gasteiger partial charge in [-0.2, -0.15) is 0 Å². The summed E-state index contributed by atoms with van der Waals surface area (Å²) in [5.74, 6) is 2.67. The SMILES string of the molecule is COc1ccc(C(=O)Nc2ccc(Oc3ccccc3)cc2)cc1COc1cccc(C)c1. The lowest BCUT2D eigenvalue weighted by Gasteiger charge is -2.13. The molecule has 0 saturated carbocycles. The molecule has 5 heteroatoms. The number of methoxy groups -OCH3 is 1. The summed E-state index contributed by atoms with van der Waals surface area (Å²) in [6, 6.07) is 29.9. The Labute approximate surface area is 193 Å². The van der Waals surface area contributed by atoms with Crippen LogP contribution in [-0.2, 0) is 6.61 Å². The zero-order chi connectivity index (χ0) is 23.0. The summed E-state index contributed by atoms with van der Waals surface area (Å²) in [7, 11) is 1.60. The number of carbonyl (C=O) groups excluding carboxylic acids is 1. The van der Waals surface area contributed by atoms with Gasteiger partial charge in [-0.15, -0.1) is 0 Å². The lowest BCUT2D eigenvalue weighted by molar-refractivity contribution is 0.102. The first-order valence-electron chi connectivity index (χ1n) is 10.6. The van der Waals surface area contributed by atoms with E-state index in [1.807, 2.05) is 73.7 Å². The van der Waals surface area contributed by atoms with E-state index in [0.29, 0.717) is 29.4 Å². The number of rotatable bonds is 8. The zero-order valence-electron chi connectivity index (χ0n) is 18.6. The molecule has 0 aliphatic heterocycles. The van der Waals surface area contributed by atoms with Gasteiger partial charge in [-0.25, -0.2) is 0 Å². The zero-order valence-corrected chi connectivity index (χ0v) is 18.6. The van der Waals surface area contributed by atoms with Crippen LogP contribution in [0.3, 0.4) is 0 Å². The Morgan fingerprint density at radius 1 is 0.788 bits per heavy atom. The molecule has 0 fully saturated rings. The molecule has 166 valence electrons. The summed E-state index contributed by atoms with van der Waals surface area (Å²) in [5, 5.41) is 2.92. The first-order valence-corrected chi connectivity index (χ1v) is 10.6. The van der Waals surface area contributed by atoms with E-state index >= 15 is 0 Å². The molecule has 0 atom stereocenters. The van der Waals surface area contributed by atoms with Crippen molar-refractivity contribution in [3.63, 3.8) is 0 Å². The van der Waals surface area contributed by atoms with Crippen molar-refractivity contribution in [2.24, 2.45) is 0 Å². The smallest absolute Gasteiger partial charge is 0.255 e. The lowest BCUT2D eigenvalue weighted by Crippen LogP contribution is -2.12. The Morgan fingerprint density at radius 2 is 1.52 bits per heavy atom. The van der Waals surface area contributed by atoms with Crippen molar-refractivity contribution in [3.05, 3.63) is 114 Å². The van der Waals surface area contributed by atoms with Crippen LogP contribution in [0.5, 0.6) is 23.0 Å². The fraction of sp³-hybridized carbons (Fsp3) is 0.107. The summed E-state index contributed by atoms with van der Waals surface area (Å²) in [6.07, 6.45) is 0. The van der Waals surface area contributed by atoms with Crippen LogP contribution in [0, 0.1) is 6.92 Å².